The number of Topliss-reactive ketones (excluding diaryl/α,β-unsaturated/α-hetero) is 1. The predicted molar refractivity (Wildman–Crippen MR) is 143 cm³/mol. The molecule has 1 fully saturated rings. The van der Waals surface area contributed by atoms with Gasteiger partial charge in [-0.2, -0.15) is 0 Å². The second-order valence-electron chi connectivity index (χ2n) is 9.21. The number of thiazole rings is 1. The highest BCUT2D eigenvalue weighted by Crippen LogP contribution is 2.30. The molecule has 11 nitrogen and oxygen atoms in total. The summed E-state index contributed by atoms with van der Waals surface area (Å²) in [6, 6.07) is 5.99. The maximum atomic E-state index is 12.8. The maximum Gasteiger partial charge on any atom is 0.328 e. The molecule has 3 aromatic rings. The van der Waals surface area contributed by atoms with E-state index in [2.05, 4.69) is 20.3 Å². The summed E-state index contributed by atoms with van der Waals surface area (Å²) >= 11 is 1.39. The standard InChI is InChI=1S/C27H31N5O6S/c1-37-20-5-3-17(4-6-20)23(33)7-8-24(34)32-11-9-18(10-12-32)26-31-22(15-39-26)25(35)30-21(27(36)38-2)13-19-14-28-16-29-19/h3-6,14-16,18,21H,7-13H2,1-2H3,(H,28,29)(H,30,35). The molecule has 1 unspecified atom stereocenters. The minimum absolute atomic E-state index is 0.0411. The summed E-state index contributed by atoms with van der Waals surface area (Å²) in [6.45, 7) is 1.13. The SMILES string of the molecule is COC(=O)C(Cc1cnc[nH]1)NC(=O)c1csc(C2CCN(C(=O)CCC(=O)c3ccc(OC)cc3)CC2)n1. The van der Waals surface area contributed by atoms with Crippen molar-refractivity contribution in [2.75, 3.05) is 27.3 Å². The molecule has 0 bridgehead atoms. The highest BCUT2D eigenvalue weighted by molar-refractivity contribution is 7.09. The summed E-state index contributed by atoms with van der Waals surface area (Å²) in [5.74, 6) is -0.330. The van der Waals surface area contributed by atoms with Gasteiger partial charge >= 0.3 is 5.97 Å². The lowest BCUT2D eigenvalue weighted by Crippen LogP contribution is -2.43. The van der Waals surface area contributed by atoms with Crippen LogP contribution in [-0.2, 0) is 20.7 Å². The first-order chi connectivity index (χ1) is 18.9. The molecule has 2 amide bonds. The Kier molecular flexibility index (Phi) is 9.42. The Balaban J connectivity index is 1.25. The minimum atomic E-state index is -0.876. The number of likely N-dealkylation sites (tertiary alicyclic amines) is 1. The van der Waals surface area contributed by atoms with Gasteiger partial charge in [-0.3, -0.25) is 14.4 Å². The van der Waals surface area contributed by atoms with Gasteiger partial charge in [0.2, 0.25) is 5.91 Å². The van der Waals surface area contributed by atoms with E-state index in [4.69, 9.17) is 9.47 Å². The van der Waals surface area contributed by atoms with Crippen LogP contribution in [0.3, 0.4) is 0 Å². The Morgan fingerprint density at radius 2 is 1.87 bits per heavy atom. The van der Waals surface area contributed by atoms with Gasteiger partial charge in [-0.05, 0) is 37.1 Å². The number of aromatic amines is 1. The minimum Gasteiger partial charge on any atom is -0.497 e. The number of methoxy groups -OCH3 is 2. The number of H-pyrrole nitrogens is 1. The molecule has 3 heterocycles. The number of piperidine rings is 1. The van der Waals surface area contributed by atoms with E-state index in [0.717, 1.165) is 17.8 Å². The highest BCUT2D eigenvalue weighted by atomic mass is 32.1. The van der Waals surface area contributed by atoms with Crippen LogP contribution in [0, 0.1) is 0 Å². The van der Waals surface area contributed by atoms with Crippen LogP contribution in [-0.4, -0.2) is 76.8 Å². The number of ether oxygens (including phenoxy) is 2. The van der Waals surface area contributed by atoms with E-state index >= 15 is 0 Å². The van der Waals surface area contributed by atoms with Gasteiger partial charge in [0.1, 0.15) is 17.5 Å². The number of benzene rings is 1. The molecule has 1 saturated heterocycles. The van der Waals surface area contributed by atoms with Crippen LogP contribution >= 0.6 is 11.3 Å². The van der Waals surface area contributed by atoms with E-state index in [-0.39, 0.29) is 42.6 Å². The summed E-state index contributed by atoms with van der Waals surface area (Å²) in [5.41, 5.74) is 1.49. The third kappa shape index (κ3) is 7.29. The second kappa shape index (κ2) is 13.1. The molecule has 1 aliphatic heterocycles. The molecule has 0 aliphatic carbocycles. The average molecular weight is 554 g/mol. The van der Waals surface area contributed by atoms with Crippen LogP contribution < -0.4 is 10.1 Å². The molecule has 12 heteroatoms. The molecule has 0 saturated carbocycles. The number of rotatable bonds is 11. The average Bonchev–Trinajstić information content (AvgIpc) is 3.68. The van der Waals surface area contributed by atoms with Gasteiger partial charge in [0, 0.05) is 61.1 Å². The Labute approximate surface area is 229 Å². The van der Waals surface area contributed by atoms with E-state index in [0.29, 0.717) is 30.1 Å². The number of hydrogen-bond acceptors (Lipinski definition) is 9. The van der Waals surface area contributed by atoms with Gasteiger partial charge in [-0.15, -0.1) is 11.3 Å². The lowest BCUT2D eigenvalue weighted by Gasteiger charge is -2.31. The largest absolute Gasteiger partial charge is 0.497 e. The Morgan fingerprint density at radius 1 is 1.13 bits per heavy atom. The first-order valence-electron chi connectivity index (χ1n) is 12.6. The molecular weight excluding hydrogens is 522 g/mol. The number of carbonyl (C=O) groups is 4. The monoisotopic (exact) mass is 553 g/mol. The van der Waals surface area contributed by atoms with E-state index in [1.165, 1.54) is 24.8 Å². The molecule has 4 rings (SSSR count). The van der Waals surface area contributed by atoms with Crippen LogP contribution in [0.1, 0.15) is 63.1 Å². The van der Waals surface area contributed by atoms with Gasteiger partial charge in [0.05, 0.1) is 25.6 Å². The summed E-state index contributed by atoms with van der Waals surface area (Å²) < 4.78 is 9.94. The van der Waals surface area contributed by atoms with Crippen LogP contribution in [0.15, 0.2) is 42.2 Å². The van der Waals surface area contributed by atoms with Gasteiger partial charge in [-0.1, -0.05) is 0 Å². The summed E-state index contributed by atoms with van der Waals surface area (Å²) in [6.07, 6.45) is 5.06. The first-order valence-corrected chi connectivity index (χ1v) is 13.5. The number of aromatic nitrogens is 3. The normalized spacial score (nSPS) is 14.5. The molecule has 0 spiro atoms. The molecule has 206 valence electrons. The van der Waals surface area contributed by atoms with E-state index < -0.39 is 17.9 Å². The van der Waals surface area contributed by atoms with Gasteiger partial charge < -0.3 is 24.7 Å². The van der Waals surface area contributed by atoms with Crippen molar-refractivity contribution in [3.8, 4) is 5.75 Å². The zero-order valence-electron chi connectivity index (χ0n) is 21.8. The lowest BCUT2D eigenvalue weighted by atomic mass is 9.97. The molecule has 2 N–H and O–H groups in total. The fourth-order valence-electron chi connectivity index (χ4n) is 4.44. The number of hydrogen-bond donors (Lipinski definition) is 2. The molecule has 1 aromatic carbocycles. The number of nitrogens with one attached hydrogen (secondary N) is 2. The number of imidazole rings is 1. The number of amides is 2. The summed E-state index contributed by atoms with van der Waals surface area (Å²) in [7, 11) is 2.83. The maximum absolute atomic E-state index is 12.8. The second-order valence-corrected chi connectivity index (χ2v) is 10.1. The number of carbonyl (C=O) groups excluding carboxylic acids is 4. The Bertz CT molecular complexity index is 1280. The molecule has 39 heavy (non-hydrogen) atoms. The quantitative estimate of drug-likeness (QED) is 0.273. The third-order valence-corrected chi connectivity index (χ3v) is 7.71. The van der Waals surface area contributed by atoms with E-state index in [1.54, 1.807) is 47.9 Å². The number of ketones is 1. The number of nitrogens with zero attached hydrogens (tertiary/aromatic N) is 3. The molecule has 1 atom stereocenters. The summed E-state index contributed by atoms with van der Waals surface area (Å²) in [5, 5.41) is 5.20. The van der Waals surface area contributed by atoms with Crippen molar-refractivity contribution >= 4 is 34.9 Å². The molecule has 2 aromatic heterocycles. The van der Waals surface area contributed by atoms with Crippen LogP contribution in [0.5, 0.6) is 5.75 Å². The zero-order chi connectivity index (χ0) is 27.8. The highest BCUT2D eigenvalue weighted by Gasteiger charge is 2.28. The Morgan fingerprint density at radius 3 is 2.51 bits per heavy atom. The van der Waals surface area contributed by atoms with Crippen LogP contribution in [0.2, 0.25) is 0 Å². The van der Waals surface area contributed by atoms with E-state index in [9.17, 15) is 19.2 Å². The lowest BCUT2D eigenvalue weighted by molar-refractivity contribution is -0.142. The first kappa shape index (κ1) is 28.0. The van der Waals surface area contributed by atoms with Crippen molar-refractivity contribution in [3.05, 3.63) is 64.1 Å². The molecule has 0 radical (unpaired) electrons. The van der Waals surface area contributed by atoms with Crippen molar-refractivity contribution in [1.82, 2.24) is 25.2 Å². The smallest absolute Gasteiger partial charge is 0.328 e. The van der Waals surface area contributed by atoms with Crippen molar-refractivity contribution in [2.45, 2.75) is 44.1 Å². The summed E-state index contributed by atoms with van der Waals surface area (Å²) in [4.78, 5) is 63.3. The van der Waals surface area contributed by atoms with E-state index in [1.807, 2.05) is 0 Å². The zero-order valence-corrected chi connectivity index (χ0v) is 22.7. The topological polar surface area (TPSA) is 144 Å². The molecule has 1 aliphatic rings. The molecular formula is C27H31N5O6S. The van der Waals surface area contributed by atoms with Crippen LogP contribution in [0.25, 0.3) is 0 Å². The van der Waals surface area contributed by atoms with Crippen molar-refractivity contribution in [2.24, 2.45) is 0 Å². The number of esters is 1. The van der Waals surface area contributed by atoms with Gasteiger partial charge in [0.25, 0.3) is 5.91 Å². The fraction of sp³-hybridized carbons (Fsp3) is 0.407. The van der Waals surface area contributed by atoms with Crippen LogP contribution in [0.4, 0.5) is 0 Å². The van der Waals surface area contributed by atoms with Crippen molar-refractivity contribution in [1.29, 1.82) is 0 Å². The van der Waals surface area contributed by atoms with Crippen molar-refractivity contribution in [3.63, 3.8) is 0 Å². The predicted octanol–water partition coefficient (Wildman–Crippen LogP) is 2.76. The third-order valence-electron chi connectivity index (χ3n) is 6.70. The van der Waals surface area contributed by atoms with Crippen molar-refractivity contribution < 1.29 is 28.7 Å². The Hall–Kier alpha value is -4.06. The van der Waals surface area contributed by atoms with Gasteiger partial charge in [-0.25, -0.2) is 14.8 Å². The van der Waals surface area contributed by atoms with Gasteiger partial charge in [0.15, 0.2) is 5.78 Å². The fourth-order valence-corrected chi connectivity index (χ4v) is 5.41.